The highest BCUT2D eigenvalue weighted by atomic mass is 16.6. The van der Waals surface area contributed by atoms with E-state index in [0.717, 1.165) is 55.6 Å². The van der Waals surface area contributed by atoms with Gasteiger partial charge in [-0.2, -0.15) is 0 Å². The predicted molar refractivity (Wildman–Crippen MR) is 207 cm³/mol. The largest absolute Gasteiger partial charge is 0.310 e. The van der Waals surface area contributed by atoms with Crippen LogP contribution in [0.2, 0.25) is 0 Å². The van der Waals surface area contributed by atoms with Crippen molar-refractivity contribution in [1.29, 1.82) is 0 Å². The number of benzene rings is 3. The highest BCUT2D eigenvalue weighted by Gasteiger charge is 2.12. The van der Waals surface area contributed by atoms with Gasteiger partial charge in [-0.25, -0.2) is 0 Å². The molecule has 0 spiro atoms. The topological polar surface area (TPSA) is 166 Å². The van der Waals surface area contributed by atoms with Gasteiger partial charge in [0.25, 0.3) is 17.1 Å². The van der Waals surface area contributed by atoms with Crippen molar-refractivity contribution in [1.82, 2.24) is 16.0 Å². The Hall–Kier alpha value is -4.26. The standard InChI is InChI=1S/3C13H20N2O2/c3*1-4-10(2)9-14-11(3)12-5-7-13(8-6-12)15(16)17/h3*5-8,10-11,14H,4,9H2,1-3H3/t10?,11-;10-,11+;10-,11-/m101/s1. The molecule has 3 aromatic carbocycles. The molecule has 0 bridgehead atoms. The highest BCUT2D eigenvalue weighted by molar-refractivity contribution is 5.35. The van der Waals surface area contributed by atoms with Gasteiger partial charge >= 0.3 is 0 Å². The zero-order valence-corrected chi connectivity index (χ0v) is 31.9. The van der Waals surface area contributed by atoms with Crippen LogP contribution < -0.4 is 16.0 Å². The van der Waals surface area contributed by atoms with Crippen LogP contribution in [0.15, 0.2) is 72.8 Å². The van der Waals surface area contributed by atoms with Gasteiger partial charge in [-0.05, 0) is 74.8 Å². The third-order valence-corrected chi connectivity index (χ3v) is 9.22. The molecule has 3 aromatic rings. The van der Waals surface area contributed by atoms with Crippen LogP contribution >= 0.6 is 0 Å². The molecule has 12 heteroatoms. The lowest BCUT2D eigenvalue weighted by Gasteiger charge is -2.17. The molecule has 3 N–H and O–H groups in total. The summed E-state index contributed by atoms with van der Waals surface area (Å²) >= 11 is 0. The SMILES string of the molecule is CCC(C)CN[C@H](C)c1ccc([N+](=O)[O-])cc1.CC[C@@H](C)CN[C@H](C)c1ccc([N+](=O)[O-])cc1.CC[C@H](C)CN[C@H](C)c1ccc([N+](=O)[O-])cc1. The molecule has 51 heavy (non-hydrogen) atoms. The lowest BCUT2D eigenvalue weighted by atomic mass is 10.1. The fraction of sp³-hybridized carbons (Fsp3) is 0.538. The third-order valence-electron chi connectivity index (χ3n) is 9.22. The fourth-order valence-electron chi connectivity index (χ4n) is 4.57. The Labute approximate surface area is 304 Å². The molecule has 6 atom stereocenters. The number of rotatable bonds is 18. The molecule has 0 aliphatic heterocycles. The average Bonchev–Trinajstić information content (AvgIpc) is 3.14. The Balaban J connectivity index is 0.000000382. The van der Waals surface area contributed by atoms with Gasteiger partial charge in [0, 0.05) is 54.5 Å². The number of nitrogens with zero attached hydrogens (tertiary/aromatic N) is 3. The maximum absolute atomic E-state index is 10.5. The Morgan fingerprint density at radius 3 is 0.784 bits per heavy atom. The monoisotopic (exact) mass is 708 g/mol. The lowest BCUT2D eigenvalue weighted by Crippen LogP contribution is -2.24. The number of hydrogen-bond acceptors (Lipinski definition) is 9. The minimum atomic E-state index is -0.374. The smallest absolute Gasteiger partial charge is 0.269 e. The van der Waals surface area contributed by atoms with Crippen LogP contribution in [-0.4, -0.2) is 34.4 Å². The van der Waals surface area contributed by atoms with Crippen molar-refractivity contribution in [3.05, 3.63) is 120 Å². The zero-order valence-electron chi connectivity index (χ0n) is 31.9. The van der Waals surface area contributed by atoms with Gasteiger partial charge in [0.05, 0.1) is 14.8 Å². The Bertz CT molecular complexity index is 1260. The van der Waals surface area contributed by atoms with Crippen molar-refractivity contribution in [2.75, 3.05) is 19.6 Å². The summed E-state index contributed by atoms with van der Waals surface area (Å²) < 4.78 is 0. The Kier molecular flexibility index (Phi) is 21.1. The molecule has 0 aliphatic carbocycles. The third kappa shape index (κ3) is 17.5. The van der Waals surface area contributed by atoms with Crippen LogP contribution in [0, 0.1) is 48.1 Å². The lowest BCUT2D eigenvalue weighted by molar-refractivity contribution is -0.385. The molecule has 0 fully saturated rings. The second-order valence-electron chi connectivity index (χ2n) is 13.5. The summed E-state index contributed by atoms with van der Waals surface area (Å²) in [7, 11) is 0. The molecule has 0 aliphatic rings. The van der Waals surface area contributed by atoms with E-state index in [2.05, 4.69) is 78.3 Å². The van der Waals surface area contributed by atoms with Crippen molar-refractivity contribution in [3.8, 4) is 0 Å². The highest BCUT2D eigenvalue weighted by Crippen LogP contribution is 2.20. The maximum Gasteiger partial charge on any atom is 0.269 e. The quantitative estimate of drug-likeness (QED) is 0.0861. The number of hydrogen-bond donors (Lipinski definition) is 3. The molecule has 1 unspecified atom stereocenters. The van der Waals surface area contributed by atoms with E-state index in [1.54, 1.807) is 36.4 Å². The molecule has 0 radical (unpaired) electrons. The number of nitrogens with one attached hydrogen (secondary N) is 3. The van der Waals surface area contributed by atoms with E-state index < -0.39 is 0 Å². The summed E-state index contributed by atoms with van der Waals surface area (Å²) in [4.78, 5) is 30.5. The first-order valence-electron chi connectivity index (χ1n) is 18.1. The summed E-state index contributed by atoms with van der Waals surface area (Å²) in [5.41, 5.74) is 3.67. The van der Waals surface area contributed by atoms with Crippen molar-refractivity contribution in [3.63, 3.8) is 0 Å². The van der Waals surface area contributed by atoms with Crippen LogP contribution in [0.5, 0.6) is 0 Å². The van der Waals surface area contributed by atoms with Gasteiger partial charge < -0.3 is 16.0 Å². The van der Waals surface area contributed by atoms with E-state index in [1.165, 1.54) is 0 Å². The van der Waals surface area contributed by atoms with Crippen molar-refractivity contribution in [2.45, 2.75) is 99.7 Å². The molecule has 0 amide bonds. The maximum atomic E-state index is 10.5. The normalized spacial score (nSPS) is 14.3. The first-order valence-corrected chi connectivity index (χ1v) is 18.1. The molecule has 12 nitrogen and oxygen atoms in total. The second kappa shape index (κ2) is 24.0. The summed E-state index contributed by atoms with van der Waals surface area (Å²) in [5.74, 6) is 1.95. The molecule has 0 heterocycles. The minimum Gasteiger partial charge on any atom is -0.310 e. The van der Waals surface area contributed by atoms with Crippen molar-refractivity contribution in [2.24, 2.45) is 17.8 Å². The summed E-state index contributed by atoms with van der Waals surface area (Å²) in [6.07, 6.45) is 3.46. The molecule has 3 rings (SSSR count). The first-order chi connectivity index (χ1) is 24.1. The van der Waals surface area contributed by atoms with Gasteiger partial charge in [-0.1, -0.05) is 97.2 Å². The number of nitro benzene ring substituents is 3. The van der Waals surface area contributed by atoms with Crippen LogP contribution in [0.4, 0.5) is 17.1 Å². The van der Waals surface area contributed by atoms with E-state index in [9.17, 15) is 30.3 Å². The first kappa shape index (κ1) is 44.8. The zero-order chi connectivity index (χ0) is 38.5. The molecule has 0 aromatic heterocycles. The predicted octanol–water partition coefficient (Wildman–Crippen LogP) is 9.87. The summed E-state index contributed by atoms with van der Waals surface area (Å²) in [6, 6.07) is 20.9. The van der Waals surface area contributed by atoms with E-state index in [-0.39, 0.29) is 50.0 Å². The van der Waals surface area contributed by atoms with Crippen LogP contribution in [0.3, 0.4) is 0 Å². The summed E-state index contributed by atoms with van der Waals surface area (Å²) in [6.45, 7) is 22.2. The van der Waals surface area contributed by atoms with Gasteiger partial charge in [0.15, 0.2) is 0 Å². The van der Waals surface area contributed by atoms with Gasteiger partial charge in [-0.15, -0.1) is 0 Å². The molecular weight excluding hydrogens is 648 g/mol. The Morgan fingerprint density at radius 1 is 0.431 bits per heavy atom. The van der Waals surface area contributed by atoms with E-state index in [1.807, 2.05) is 36.4 Å². The van der Waals surface area contributed by atoms with Crippen LogP contribution in [-0.2, 0) is 0 Å². The van der Waals surface area contributed by atoms with Gasteiger partial charge in [-0.3, -0.25) is 30.3 Å². The van der Waals surface area contributed by atoms with Crippen LogP contribution in [0.1, 0.15) is 116 Å². The van der Waals surface area contributed by atoms with E-state index >= 15 is 0 Å². The number of non-ortho nitro benzene ring substituents is 3. The second-order valence-corrected chi connectivity index (χ2v) is 13.5. The van der Waals surface area contributed by atoms with E-state index in [4.69, 9.17) is 0 Å². The number of nitro groups is 3. The molecule has 0 saturated heterocycles. The fourth-order valence-corrected chi connectivity index (χ4v) is 4.57. The Morgan fingerprint density at radius 2 is 0.627 bits per heavy atom. The average molecular weight is 709 g/mol. The molecule has 0 saturated carbocycles. The summed E-state index contributed by atoms with van der Waals surface area (Å²) in [5, 5.41) is 41.9. The van der Waals surface area contributed by atoms with Gasteiger partial charge in [0.1, 0.15) is 0 Å². The van der Waals surface area contributed by atoms with Crippen LogP contribution in [0.25, 0.3) is 0 Å². The van der Waals surface area contributed by atoms with Crippen molar-refractivity contribution < 1.29 is 14.8 Å². The van der Waals surface area contributed by atoms with Crippen molar-refractivity contribution >= 4 is 17.1 Å². The van der Waals surface area contributed by atoms with Gasteiger partial charge in [0.2, 0.25) is 0 Å². The van der Waals surface area contributed by atoms with E-state index in [0.29, 0.717) is 17.8 Å². The molecular formula is C39H60N6O6. The minimum absolute atomic E-state index is 0.142. The molecule has 282 valence electrons.